The maximum atomic E-state index is 11.1. The van der Waals surface area contributed by atoms with Crippen molar-refractivity contribution in [2.24, 2.45) is 29.4 Å². The molecule has 0 amide bonds. The average molecular weight is 405 g/mol. The molecule has 3 N–H and O–H groups in total. The Morgan fingerprint density at radius 2 is 1.62 bits per heavy atom. The molecule has 4 atom stereocenters. The standard InChI is InChI=1S/C25H44N2O2/c26-21-10-12-22(13-11-21)27-17-20(9-6-18-4-2-1-3-5-18)23-16-19(7-14-24(23)27)8-15-25(28)29/h18-24H,1-17,26H2,(H,28,29)/t19?,20?,21?,22?,23?,24-/m1/s1. The fourth-order valence-electron chi connectivity index (χ4n) is 7.41. The quantitative estimate of drug-likeness (QED) is 0.612. The lowest BCUT2D eigenvalue weighted by molar-refractivity contribution is -0.137. The van der Waals surface area contributed by atoms with Crippen molar-refractivity contribution in [3.05, 3.63) is 0 Å². The smallest absolute Gasteiger partial charge is 0.303 e. The fraction of sp³-hybridized carbons (Fsp3) is 0.960. The van der Waals surface area contributed by atoms with Crippen LogP contribution in [0.3, 0.4) is 0 Å². The van der Waals surface area contributed by atoms with Gasteiger partial charge in [-0.15, -0.1) is 0 Å². The van der Waals surface area contributed by atoms with Crippen LogP contribution in [0.1, 0.15) is 103 Å². The van der Waals surface area contributed by atoms with Gasteiger partial charge in [0.15, 0.2) is 0 Å². The number of nitrogens with two attached hydrogens (primary N) is 1. The molecule has 4 heteroatoms. The molecule has 0 bridgehead atoms. The molecule has 3 aliphatic carbocycles. The summed E-state index contributed by atoms with van der Waals surface area (Å²) in [6, 6.07) is 1.96. The fourth-order valence-corrected chi connectivity index (χ4v) is 7.41. The number of hydrogen-bond acceptors (Lipinski definition) is 3. The van der Waals surface area contributed by atoms with Gasteiger partial charge >= 0.3 is 5.97 Å². The molecule has 0 spiro atoms. The largest absolute Gasteiger partial charge is 0.481 e. The molecule has 29 heavy (non-hydrogen) atoms. The molecular formula is C25H44N2O2. The normalized spacial score (nSPS) is 39.3. The second-order valence-corrected chi connectivity index (χ2v) is 10.9. The van der Waals surface area contributed by atoms with E-state index in [0.717, 1.165) is 36.3 Å². The molecule has 0 aromatic rings. The summed E-state index contributed by atoms with van der Waals surface area (Å²) in [5, 5.41) is 9.13. The van der Waals surface area contributed by atoms with Gasteiger partial charge in [0.05, 0.1) is 0 Å². The number of nitrogens with zero attached hydrogens (tertiary/aromatic N) is 1. The van der Waals surface area contributed by atoms with Crippen LogP contribution in [-0.2, 0) is 4.79 Å². The first-order valence-corrected chi connectivity index (χ1v) is 12.8. The van der Waals surface area contributed by atoms with E-state index in [9.17, 15) is 4.79 Å². The lowest BCUT2D eigenvalue weighted by Gasteiger charge is -2.41. The van der Waals surface area contributed by atoms with Crippen LogP contribution in [0.15, 0.2) is 0 Å². The Kier molecular flexibility index (Phi) is 7.55. The number of carbonyl (C=O) groups is 1. The molecule has 3 saturated carbocycles. The molecule has 4 aliphatic rings. The van der Waals surface area contributed by atoms with Crippen LogP contribution in [0.2, 0.25) is 0 Å². The molecule has 1 heterocycles. The minimum Gasteiger partial charge on any atom is -0.481 e. The van der Waals surface area contributed by atoms with Gasteiger partial charge in [-0.3, -0.25) is 9.69 Å². The van der Waals surface area contributed by atoms with Crippen LogP contribution in [0.5, 0.6) is 0 Å². The van der Waals surface area contributed by atoms with E-state index in [1.54, 1.807) is 0 Å². The van der Waals surface area contributed by atoms with E-state index in [1.165, 1.54) is 96.4 Å². The van der Waals surface area contributed by atoms with Crippen LogP contribution in [0.25, 0.3) is 0 Å². The number of likely N-dealkylation sites (tertiary alicyclic amines) is 1. The third kappa shape index (κ3) is 5.55. The summed E-state index contributed by atoms with van der Waals surface area (Å²) in [5.74, 6) is 2.68. The molecule has 1 aliphatic heterocycles. The number of hydrogen-bond donors (Lipinski definition) is 2. The van der Waals surface area contributed by atoms with E-state index < -0.39 is 5.97 Å². The summed E-state index contributed by atoms with van der Waals surface area (Å²) in [7, 11) is 0. The minimum atomic E-state index is -0.618. The van der Waals surface area contributed by atoms with Crippen molar-refractivity contribution >= 4 is 5.97 Å². The first-order valence-electron chi connectivity index (χ1n) is 12.8. The van der Waals surface area contributed by atoms with Crippen molar-refractivity contribution in [3.63, 3.8) is 0 Å². The zero-order valence-corrected chi connectivity index (χ0v) is 18.4. The Morgan fingerprint density at radius 1 is 0.862 bits per heavy atom. The van der Waals surface area contributed by atoms with Crippen molar-refractivity contribution in [3.8, 4) is 0 Å². The van der Waals surface area contributed by atoms with Gasteiger partial charge in [-0.2, -0.15) is 0 Å². The number of fused-ring (bicyclic) bond motifs is 1. The second-order valence-electron chi connectivity index (χ2n) is 10.9. The monoisotopic (exact) mass is 404 g/mol. The SMILES string of the molecule is NC1CCC(N2CC(CCC3CCCCC3)C3CC(CCC(=O)O)CC[C@H]32)CC1. The number of aliphatic carboxylic acids is 1. The molecule has 0 aromatic heterocycles. The Labute approximate surface area is 178 Å². The molecule has 4 rings (SSSR count). The van der Waals surface area contributed by atoms with Crippen LogP contribution in [-0.4, -0.2) is 40.6 Å². The third-order valence-corrected chi connectivity index (χ3v) is 9.09. The van der Waals surface area contributed by atoms with Gasteiger partial charge in [0.25, 0.3) is 0 Å². The predicted octanol–water partition coefficient (Wildman–Crippen LogP) is 5.20. The molecule has 3 unspecified atom stereocenters. The Bertz CT molecular complexity index is 525. The highest BCUT2D eigenvalue weighted by Gasteiger charge is 2.47. The highest BCUT2D eigenvalue weighted by Crippen LogP contribution is 2.47. The van der Waals surface area contributed by atoms with Crippen molar-refractivity contribution in [2.75, 3.05) is 6.54 Å². The first-order chi connectivity index (χ1) is 14.1. The van der Waals surface area contributed by atoms with Gasteiger partial charge in [-0.25, -0.2) is 0 Å². The first kappa shape index (κ1) is 21.6. The van der Waals surface area contributed by atoms with E-state index in [1.807, 2.05) is 0 Å². The van der Waals surface area contributed by atoms with Gasteiger partial charge in [0.1, 0.15) is 0 Å². The minimum absolute atomic E-state index is 0.360. The highest BCUT2D eigenvalue weighted by molar-refractivity contribution is 5.66. The second kappa shape index (κ2) is 10.1. The summed E-state index contributed by atoms with van der Waals surface area (Å²) in [4.78, 5) is 14.0. The summed E-state index contributed by atoms with van der Waals surface area (Å²) in [5.41, 5.74) is 6.19. The van der Waals surface area contributed by atoms with Gasteiger partial charge in [-0.05, 0) is 81.5 Å². The lowest BCUT2D eigenvalue weighted by Crippen LogP contribution is -2.46. The van der Waals surface area contributed by atoms with Gasteiger partial charge in [0, 0.05) is 31.1 Å². The zero-order chi connectivity index (χ0) is 20.2. The van der Waals surface area contributed by atoms with Crippen molar-refractivity contribution < 1.29 is 9.90 Å². The van der Waals surface area contributed by atoms with Crippen molar-refractivity contribution in [2.45, 2.75) is 121 Å². The molecular weight excluding hydrogens is 360 g/mol. The van der Waals surface area contributed by atoms with Crippen LogP contribution >= 0.6 is 0 Å². The predicted molar refractivity (Wildman–Crippen MR) is 118 cm³/mol. The third-order valence-electron chi connectivity index (χ3n) is 9.09. The topological polar surface area (TPSA) is 66.6 Å². The van der Waals surface area contributed by atoms with Gasteiger partial charge in [-0.1, -0.05) is 38.5 Å². The summed E-state index contributed by atoms with van der Waals surface area (Å²) in [6.45, 7) is 1.31. The van der Waals surface area contributed by atoms with Gasteiger partial charge in [0.2, 0.25) is 0 Å². The number of carboxylic acids is 1. The van der Waals surface area contributed by atoms with Crippen molar-refractivity contribution in [1.82, 2.24) is 4.90 Å². The number of carboxylic acid groups (broad SMARTS) is 1. The molecule has 0 radical (unpaired) electrons. The van der Waals surface area contributed by atoms with E-state index in [2.05, 4.69) is 4.90 Å². The molecule has 4 fully saturated rings. The summed E-state index contributed by atoms with van der Waals surface area (Å²) >= 11 is 0. The van der Waals surface area contributed by atoms with Crippen LogP contribution in [0, 0.1) is 23.7 Å². The molecule has 1 saturated heterocycles. The average Bonchev–Trinajstić information content (AvgIpc) is 3.10. The molecule has 4 nitrogen and oxygen atoms in total. The highest BCUT2D eigenvalue weighted by atomic mass is 16.4. The summed E-state index contributed by atoms with van der Waals surface area (Å²) in [6.07, 6.45) is 20.2. The molecule has 0 aromatic carbocycles. The van der Waals surface area contributed by atoms with Crippen LogP contribution < -0.4 is 5.73 Å². The Balaban J connectivity index is 1.38. The number of rotatable bonds is 7. The Morgan fingerprint density at radius 3 is 2.34 bits per heavy atom. The van der Waals surface area contributed by atoms with E-state index in [-0.39, 0.29) is 0 Å². The maximum Gasteiger partial charge on any atom is 0.303 e. The van der Waals surface area contributed by atoms with Crippen LogP contribution in [0.4, 0.5) is 0 Å². The van der Waals surface area contributed by atoms with E-state index in [4.69, 9.17) is 10.8 Å². The van der Waals surface area contributed by atoms with E-state index in [0.29, 0.717) is 18.4 Å². The van der Waals surface area contributed by atoms with Gasteiger partial charge < -0.3 is 10.8 Å². The Hall–Kier alpha value is -0.610. The summed E-state index contributed by atoms with van der Waals surface area (Å²) < 4.78 is 0. The molecule has 166 valence electrons. The van der Waals surface area contributed by atoms with Crippen molar-refractivity contribution in [1.29, 1.82) is 0 Å². The lowest BCUT2D eigenvalue weighted by atomic mass is 9.71. The van der Waals surface area contributed by atoms with E-state index >= 15 is 0 Å². The maximum absolute atomic E-state index is 11.1. The zero-order valence-electron chi connectivity index (χ0n) is 18.4.